The lowest BCUT2D eigenvalue weighted by molar-refractivity contribution is 0.0939. The van der Waals surface area contributed by atoms with Crippen molar-refractivity contribution in [3.8, 4) is 10.6 Å². The molecule has 0 fully saturated rings. The minimum absolute atomic E-state index is 0.0580. The van der Waals surface area contributed by atoms with Gasteiger partial charge in [0, 0.05) is 18.3 Å². The van der Waals surface area contributed by atoms with Crippen LogP contribution in [-0.2, 0) is 0 Å². The molecule has 3 heterocycles. The second-order valence-electron chi connectivity index (χ2n) is 5.80. The average molecular weight is 338 g/mol. The third-order valence-electron chi connectivity index (χ3n) is 3.41. The first kappa shape index (κ1) is 16.3. The van der Waals surface area contributed by atoms with Crippen LogP contribution in [0.15, 0.2) is 42.7 Å². The standard InChI is InChI=1S/C18H18N4OS/c1-11(2)17(23)18-20-10-14(24-18)13-5-4-6-15(21-13)22-16-9-12(3)7-8-19-16/h4-11H,1-3H3,(H,19,21,22). The Labute approximate surface area is 144 Å². The van der Waals surface area contributed by atoms with Crippen molar-refractivity contribution in [1.29, 1.82) is 0 Å². The summed E-state index contributed by atoms with van der Waals surface area (Å²) in [6, 6.07) is 9.62. The van der Waals surface area contributed by atoms with E-state index in [-0.39, 0.29) is 11.7 Å². The van der Waals surface area contributed by atoms with Crippen LogP contribution in [0.5, 0.6) is 0 Å². The predicted molar refractivity (Wildman–Crippen MR) is 96.8 cm³/mol. The van der Waals surface area contributed by atoms with E-state index < -0.39 is 0 Å². The molecule has 3 aromatic rings. The van der Waals surface area contributed by atoms with Gasteiger partial charge >= 0.3 is 0 Å². The van der Waals surface area contributed by atoms with Crippen molar-refractivity contribution >= 4 is 28.8 Å². The van der Waals surface area contributed by atoms with Gasteiger partial charge in [-0.3, -0.25) is 4.79 Å². The zero-order chi connectivity index (χ0) is 17.1. The summed E-state index contributed by atoms with van der Waals surface area (Å²) in [6.45, 7) is 5.77. The first-order valence-electron chi connectivity index (χ1n) is 7.70. The Kier molecular flexibility index (Phi) is 4.66. The molecule has 0 aliphatic rings. The quantitative estimate of drug-likeness (QED) is 0.694. The van der Waals surface area contributed by atoms with Crippen molar-refractivity contribution in [2.24, 2.45) is 5.92 Å². The lowest BCUT2D eigenvalue weighted by atomic mass is 10.1. The number of aryl methyl sites for hydroxylation is 1. The maximum atomic E-state index is 12.0. The van der Waals surface area contributed by atoms with Crippen molar-refractivity contribution < 1.29 is 4.79 Å². The lowest BCUT2D eigenvalue weighted by Gasteiger charge is -2.06. The fourth-order valence-corrected chi connectivity index (χ4v) is 3.10. The molecule has 5 nitrogen and oxygen atoms in total. The molecule has 122 valence electrons. The second-order valence-corrected chi connectivity index (χ2v) is 6.83. The molecule has 24 heavy (non-hydrogen) atoms. The summed E-state index contributed by atoms with van der Waals surface area (Å²) >= 11 is 1.37. The molecule has 0 radical (unpaired) electrons. The van der Waals surface area contributed by atoms with E-state index in [9.17, 15) is 4.79 Å². The van der Waals surface area contributed by atoms with Gasteiger partial charge in [-0.05, 0) is 36.8 Å². The van der Waals surface area contributed by atoms with E-state index in [2.05, 4.69) is 20.3 Å². The van der Waals surface area contributed by atoms with Gasteiger partial charge in [0.1, 0.15) is 11.6 Å². The highest BCUT2D eigenvalue weighted by molar-refractivity contribution is 7.17. The molecule has 0 amide bonds. The Balaban J connectivity index is 1.84. The average Bonchev–Trinajstić information content (AvgIpc) is 3.04. The number of rotatable bonds is 5. The van der Waals surface area contributed by atoms with Gasteiger partial charge < -0.3 is 5.32 Å². The number of carbonyl (C=O) groups excluding carboxylic acids is 1. The number of hydrogen-bond acceptors (Lipinski definition) is 6. The normalized spacial score (nSPS) is 10.8. The highest BCUT2D eigenvalue weighted by Crippen LogP contribution is 2.27. The largest absolute Gasteiger partial charge is 0.325 e. The smallest absolute Gasteiger partial charge is 0.193 e. The van der Waals surface area contributed by atoms with E-state index in [4.69, 9.17) is 0 Å². The van der Waals surface area contributed by atoms with E-state index in [1.165, 1.54) is 11.3 Å². The van der Waals surface area contributed by atoms with Crippen LogP contribution in [0, 0.1) is 12.8 Å². The molecule has 0 saturated heterocycles. The highest BCUT2D eigenvalue weighted by atomic mass is 32.1. The monoisotopic (exact) mass is 338 g/mol. The number of aromatic nitrogens is 3. The molecule has 0 aliphatic carbocycles. The van der Waals surface area contributed by atoms with Crippen molar-refractivity contribution in [3.63, 3.8) is 0 Å². The first-order valence-corrected chi connectivity index (χ1v) is 8.52. The molecular weight excluding hydrogens is 320 g/mol. The fourth-order valence-electron chi connectivity index (χ4n) is 2.13. The van der Waals surface area contributed by atoms with E-state index in [1.807, 2.05) is 51.1 Å². The Morgan fingerprint density at radius 2 is 2.00 bits per heavy atom. The Hall–Kier alpha value is -2.60. The van der Waals surface area contributed by atoms with Gasteiger partial charge in [-0.2, -0.15) is 0 Å². The minimum Gasteiger partial charge on any atom is -0.325 e. The Morgan fingerprint density at radius 1 is 1.17 bits per heavy atom. The molecule has 0 unspecified atom stereocenters. The summed E-state index contributed by atoms with van der Waals surface area (Å²) in [6.07, 6.45) is 3.46. The molecule has 6 heteroatoms. The van der Waals surface area contributed by atoms with Crippen LogP contribution in [-0.4, -0.2) is 20.7 Å². The van der Waals surface area contributed by atoms with Gasteiger partial charge in [0.25, 0.3) is 0 Å². The van der Waals surface area contributed by atoms with E-state index >= 15 is 0 Å². The number of Topliss-reactive ketones (excluding diaryl/α,β-unsaturated/α-hetero) is 1. The van der Waals surface area contributed by atoms with Gasteiger partial charge in [0.15, 0.2) is 10.8 Å². The molecule has 0 saturated carbocycles. The molecule has 0 aliphatic heterocycles. The number of pyridine rings is 2. The molecule has 0 atom stereocenters. The zero-order valence-corrected chi connectivity index (χ0v) is 14.6. The summed E-state index contributed by atoms with van der Waals surface area (Å²) in [5.74, 6) is 1.46. The maximum Gasteiger partial charge on any atom is 0.193 e. The Bertz CT molecular complexity index is 873. The van der Waals surface area contributed by atoms with Crippen LogP contribution in [0.3, 0.4) is 0 Å². The Morgan fingerprint density at radius 3 is 2.75 bits per heavy atom. The van der Waals surface area contributed by atoms with Gasteiger partial charge in [-0.15, -0.1) is 11.3 Å². The molecule has 1 N–H and O–H groups in total. The van der Waals surface area contributed by atoms with Crippen molar-refractivity contribution in [2.75, 3.05) is 5.32 Å². The number of hydrogen-bond donors (Lipinski definition) is 1. The van der Waals surface area contributed by atoms with Crippen LogP contribution < -0.4 is 5.32 Å². The third-order valence-corrected chi connectivity index (χ3v) is 4.45. The number of nitrogens with zero attached hydrogens (tertiary/aromatic N) is 3. The first-order chi connectivity index (χ1) is 11.5. The van der Waals surface area contributed by atoms with Gasteiger partial charge in [-0.25, -0.2) is 15.0 Å². The van der Waals surface area contributed by atoms with Crippen molar-refractivity contribution in [2.45, 2.75) is 20.8 Å². The summed E-state index contributed by atoms with van der Waals surface area (Å²) in [5, 5.41) is 3.73. The zero-order valence-electron chi connectivity index (χ0n) is 13.8. The molecule has 0 aromatic carbocycles. The summed E-state index contributed by atoms with van der Waals surface area (Å²) in [4.78, 5) is 26.0. The summed E-state index contributed by atoms with van der Waals surface area (Å²) < 4.78 is 0. The van der Waals surface area contributed by atoms with Crippen LogP contribution in [0.2, 0.25) is 0 Å². The fraction of sp³-hybridized carbons (Fsp3) is 0.222. The van der Waals surface area contributed by atoms with Gasteiger partial charge in [0.2, 0.25) is 0 Å². The number of thiazole rings is 1. The van der Waals surface area contributed by atoms with Crippen LogP contribution >= 0.6 is 11.3 Å². The topological polar surface area (TPSA) is 67.8 Å². The molecular formula is C18H18N4OS. The highest BCUT2D eigenvalue weighted by Gasteiger charge is 2.16. The van der Waals surface area contributed by atoms with Crippen LogP contribution in [0.4, 0.5) is 11.6 Å². The molecule has 0 bridgehead atoms. The number of ketones is 1. The van der Waals surface area contributed by atoms with E-state index in [0.717, 1.165) is 22.0 Å². The molecule has 0 spiro atoms. The van der Waals surface area contributed by atoms with E-state index in [1.54, 1.807) is 12.4 Å². The van der Waals surface area contributed by atoms with Crippen molar-refractivity contribution in [3.05, 3.63) is 53.3 Å². The molecule has 3 rings (SSSR count). The second kappa shape index (κ2) is 6.88. The minimum atomic E-state index is -0.0580. The summed E-state index contributed by atoms with van der Waals surface area (Å²) in [7, 11) is 0. The van der Waals surface area contributed by atoms with E-state index in [0.29, 0.717) is 10.8 Å². The lowest BCUT2D eigenvalue weighted by Crippen LogP contribution is -2.06. The third kappa shape index (κ3) is 3.65. The van der Waals surface area contributed by atoms with Gasteiger partial charge in [-0.1, -0.05) is 19.9 Å². The molecule has 3 aromatic heterocycles. The van der Waals surface area contributed by atoms with Crippen LogP contribution in [0.1, 0.15) is 29.2 Å². The number of carbonyl (C=O) groups is 1. The summed E-state index contributed by atoms with van der Waals surface area (Å²) in [5.41, 5.74) is 1.91. The van der Waals surface area contributed by atoms with Crippen molar-refractivity contribution in [1.82, 2.24) is 15.0 Å². The van der Waals surface area contributed by atoms with Gasteiger partial charge in [0.05, 0.1) is 10.6 Å². The SMILES string of the molecule is Cc1ccnc(Nc2cccc(-c3cnc(C(=O)C(C)C)s3)n2)c1. The predicted octanol–water partition coefficient (Wildman–Crippen LogP) is 4.49. The maximum absolute atomic E-state index is 12.0. The number of anilines is 2. The van der Waals surface area contributed by atoms with Crippen LogP contribution in [0.25, 0.3) is 10.6 Å². The number of nitrogens with one attached hydrogen (secondary N) is 1.